The molecule has 1 heterocycles. The van der Waals surface area contributed by atoms with Crippen LogP contribution in [0.4, 0.5) is 0 Å². The minimum atomic E-state index is 0.461. The van der Waals surface area contributed by atoms with Gasteiger partial charge in [-0.3, -0.25) is 4.90 Å². The fourth-order valence-electron chi connectivity index (χ4n) is 2.95. The van der Waals surface area contributed by atoms with Crippen LogP contribution in [0, 0.1) is 0 Å². The number of piperazine rings is 1. The number of hydrogen-bond donors (Lipinski definition) is 1. The summed E-state index contributed by atoms with van der Waals surface area (Å²) < 4.78 is 0.461. The average molecular weight is 273 g/mol. The van der Waals surface area contributed by atoms with Gasteiger partial charge in [-0.15, -0.1) is 0 Å². The van der Waals surface area contributed by atoms with E-state index in [1.165, 1.54) is 38.8 Å². The Morgan fingerprint density at radius 1 is 1.28 bits per heavy atom. The Morgan fingerprint density at radius 2 is 1.94 bits per heavy atom. The maximum absolute atomic E-state index is 3.69. The summed E-state index contributed by atoms with van der Waals surface area (Å²) in [6.07, 6.45) is 7.44. The van der Waals surface area contributed by atoms with E-state index in [0.29, 0.717) is 16.8 Å². The molecular weight excluding hydrogens is 240 g/mol. The van der Waals surface area contributed by atoms with Gasteiger partial charge in [-0.2, -0.15) is 11.8 Å². The van der Waals surface area contributed by atoms with E-state index in [2.05, 4.69) is 55.9 Å². The molecule has 0 amide bonds. The van der Waals surface area contributed by atoms with Crippen molar-refractivity contribution in [3.8, 4) is 0 Å². The van der Waals surface area contributed by atoms with Gasteiger partial charge in [-0.05, 0) is 32.4 Å². The fraction of sp³-hybridized carbons (Fsp3) is 1.00. The monoisotopic (exact) mass is 272 g/mol. The second-order valence-corrected chi connectivity index (χ2v) is 7.04. The van der Waals surface area contributed by atoms with E-state index < -0.39 is 0 Å². The molecule has 1 fully saturated rings. The lowest BCUT2D eigenvalue weighted by Gasteiger charge is -2.44. The number of nitrogens with one attached hydrogen (secondary N) is 1. The van der Waals surface area contributed by atoms with Gasteiger partial charge >= 0.3 is 0 Å². The Hall–Kier alpha value is 0.270. The normalized spacial score (nSPS) is 26.5. The summed E-state index contributed by atoms with van der Waals surface area (Å²) in [7, 11) is 0. The minimum Gasteiger partial charge on any atom is -0.311 e. The lowest BCUT2D eigenvalue weighted by molar-refractivity contribution is 0.122. The summed E-state index contributed by atoms with van der Waals surface area (Å²) in [6, 6.07) is 1.39. The van der Waals surface area contributed by atoms with Crippen LogP contribution in [0.1, 0.15) is 53.4 Å². The molecule has 1 rings (SSSR count). The van der Waals surface area contributed by atoms with Gasteiger partial charge in [0.25, 0.3) is 0 Å². The Balaban J connectivity index is 2.61. The molecule has 2 nitrogen and oxygen atoms in total. The van der Waals surface area contributed by atoms with E-state index in [1.807, 2.05) is 0 Å². The van der Waals surface area contributed by atoms with Gasteiger partial charge in [-0.1, -0.05) is 27.2 Å². The van der Waals surface area contributed by atoms with Crippen LogP contribution in [0.15, 0.2) is 0 Å². The maximum atomic E-state index is 3.69. The van der Waals surface area contributed by atoms with Crippen molar-refractivity contribution in [3.63, 3.8) is 0 Å². The molecule has 18 heavy (non-hydrogen) atoms. The first-order chi connectivity index (χ1) is 8.60. The lowest BCUT2D eigenvalue weighted by Crippen LogP contribution is -2.58. The Labute approximate surface area is 118 Å². The van der Waals surface area contributed by atoms with Crippen molar-refractivity contribution in [2.75, 3.05) is 25.9 Å². The molecule has 1 N–H and O–H groups in total. The van der Waals surface area contributed by atoms with Crippen LogP contribution >= 0.6 is 11.8 Å². The molecule has 2 atom stereocenters. The van der Waals surface area contributed by atoms with Crippen LogP contribution in [-0.2, 0) is 0 Å². The van der Waals surface area contributed by atoms with E-state index in [9.17, 15) is 0 Å². The Bertz CT molecular complexity index is 220. The van der Waals surface area contributed by atoms with Crippen molar-refractivity contribution in [2.45, 2.75) is 70.2 Å². The molecule has 0 aromatic heterocycles. The van der Waals surface area contributed by atoms with Crippen LogP contribution in [0.25, 0.3) is 0 Å². The molecule has 0 aromatic carbocycles. The summed E-state index contributed by atoms with van der Waals surface area (Å²) in [5.74, 6) is 0. The molecule has 1 aliphatic heterocycles. The van der Waals surface area contributed by atoms with Gasteiger partial charge in [0.15, 0.2) is 0 Å². The minimum absolute atomic E-state index is 0.461. The van der Waals surface area contributed by atoms with Gasteiger partial charge in [0.05, 0.1) is 0 Å². The molecule has 0 aliphatic carbocycles. The molecule has 0 radical (unpaired) electrons. The molecule has 2 unspecified atom stereocenters. The molecule has 0 saturated carbocycles. The van der Waals surface area contributed by atoms with Crippen LogP contribution in [0.2, 0.25) is 0 Å². The third kappa shape index (κ3) is 4.14. The average Bonchev–Trinajstić information content (AvgIpc) is 2.40. The Morgan fingerprint density at radius 3 is 2.44 bits per heavy atom. The molecule has 0 bridgehead atoms. The molecule has 3 heteroatoms. The second kappa shape index (κ2) is 7.76. The van der Waals surface area contributed by atoms with E-state index in [-0.39, 0.29) is 0 Å². The number of thioether (sulfide) groups is 1. The standard InChI is InChI=1S/C15H32N2S/c1-6-9-14-11-17(13(4)10-16-14)12-15(7-2,8-3)18-5/h13-14,16H,6-12H2,1-5H3. The van der Waals surface area contributed by atoms with Crippen LogP contribution in [0.5, 0.6) is 0 Å². The van der Waals surface area contributed by atoms with Crippen molar-refractivity contribution in [1.29, 1.82) is 0 Å². The highest BCUT2D eigenvalue weighted by molar-refractivity contribution is 8.00. The molecule has 1 saturated heterocycles. The predicted octanol–water partition coefficient (Wildman–Crippen LogP) is 3.37. The first-order valence-electron chi connectivity index (χ1n) is 7.63. The summed E-state index contributed by atoms with van der Waals surface area (Å²) in [5, 5.41) is 3.69. The van der Waals surface area contributed by atoms with Crippen molar-refractivity contribution in [2.24, 2.45) is 0 Å². The first kappa shape index (κ1) is 16.3. The zero-order chi connectivity index (χ0) is 13.6. The van der Waals surface area contributed by atoms with E-state index in [1.54, 1.807) is 0 Å². The van der Waals surface area contributed by atoms with Gasteiger partial charge in [0, 0.05) is 36.5 Å². The zero-order valence-electron chi connectivity index (χ0n) is 13.0. The van der Waals surface area contributed by atoms with Crippen LogP contribution < -0.4 is 5.32 Å². The second-order valence-electron chi connectivity index (χ2n) is 5.77. The summed E-state index contributed by atoms with van der Waals surface area (Å²) in [6.45, 7) is 13.0. The number of nitrogens with zero attached hydrogens (tertiary/aromatic N) is 1. The lowest BCUT2D eigenvalue weighted by atomic mass is 9.98. The fourth-order valence-corrected chi connectivity index (χ4v) is 3.83. The largest absolute Gasteiger partial charge is 0.311 e. The van der Waals surface area contributed by atoms with Gasteiger partial charge in [-0.25, -0.2) is 0 Å². The zero-order valence-corrected chi connectivity index (χ0v) is 13.8. The van der Waals surface area contributed by atoms with E-state index >= 15 is 0 Å². The summed E-state index contributed by atoms with van der Waals surface area (Å²) in [4.78, 5) is 2.72. The molecular formula is C15H32N2S. The molecule has 1 aliphatic rings. The van der Waals surface area contributed by atoms with Crippen molar-refractivity contribution in [1.82, 2.24) is 10.2 Å². The number of hydrogen-bond acceptors (Lipinski definition) is 3. The SMILES string of the molecule is CCCC1CN(CC(CC)(CC)SC)C(C)CN1. The van der Waals surface area contributed by atoms with Crippen molar-refractivity contribution < 1.29 is 0 Å². The van der Waals surface area contributed by atoms with Crippen LogP contribution in [0.3, 0.4) is 0 Å². The first-order valence-corrected chi connectivity index (χ1v) is 8.85. The molecule has 108 valence electrons. The van der Waals surface area contributed by atoms with Gasteiger partial charge in [0.2, 0.25) is 0 Å². The third-order valence-electron chi connectivity index (χ3n) is 4.63. The quantitative estimate of drug-likeness (QED) is 0.765. The topological polar surface area (TPSA) is 15.3 Å². The van der Waals surface area contributed by atoms with E-state index in [4.69, 9.17) is 0 Å². The highest BCUT2D eigenvalue weighted by Gasteiger charge is 2.32. The third-order valence-corrected chi connectivity index (χ3v) is 6.20. The number of rotatable bonds is 7. The van der Waals surface area contributed by atoms with Gasteiger partial charge in [0.1, 0.15) is 0 Å². The highest BCUT2D eigenvalue weighted by Crippen LogP contribution is 2.32. The predicted molar refractivity (Wildman–Crippen MR) is 84.6 cm³/mol. The van der Waals surface area contributed by atoms with Crippen molar-refractivity contribution in [3.05, 3.63) is 0 Å². The van der Waals surface area contributed by atoms with Gasteiger partial charge < -0.3 is 5.32 Å². The Kier molecular flexibility index (Phi) is 7.04. The highest BCUT2D eigenvalue weighted by atomic mass is 32.2. The van der Waals surface area contributed by atoms with Crippen LogP contribution in [-0.4, -0.2) is 47.6 Å². The van der Waals surface area contributed by atoms with Crippen molar-refractivity contribution >= 4 is 11.8 Å². The smallest absolute Gasteiger partial charge is 0.0279 e. The van der Waals surface area contributed by atoms with E-state index in [0.717, 1.165) is 6.54 Å². The molecule has 0 spiro atoms. The summed E-state index contributed by atoms with van der Waals surface area (Å²) >= 11 is 2.07. The summed E-state index contributed by atoms with van der Waals surface area (Å²) in [5.41, 5.74) is 0. The maximum Gasteiger partial charge on any atom is 0.0279 e. The molecule has 0 aromatic rings.